The number of amides is 1. The van der Waals surface area contributed by atoms with Crippen LogP contribution in [0.4, 0.5) is 0 Å². The van der Waals surface area contributed by atoms with Crippen LogP contribution in [-0.4, -0.2) is 5.91 Å². The van der Waals surface area contributed by atoms with E-state index >= 15 is 0 Å². The number of carbonyl (C=O) groups excluding carboxylic acids is 1. The first-order chi connectivity index (χ1) is 10.3. The van der Waals surface area contributed by atoms with E-state index in [1.54, 1.807) is 0 Å². The molecule has 0 aliphatic heterocycles. The fraction of sp³-hybridized carbons (Fsp3) is 0.235. The van der Waals surface area contributed by atoms with Gasteiger partial charge in [0.05, 0.1) is 6.61 Å². The predicted molar refractivity (Wildman–Crippen MR) is 82.0 cm³/mol. The molecule has 4 heteroatoms. The number of benzene rings is 2. The highest BCUT2D eigenvalue weighted by Crippen LogP contribution is 2.14. The van der Waals surface area contributed by atoms with Crippen LogP contribution in [0.25, 0.3) is 0 Å². The summed E-state index contributed by atoms with van der Waals surface area (Å²) in [6.07, 6.45) is 0.926. The second-order valence-electron chi connectivity index (χ2n) is 4.86. The van der Waals surface area contributed by atoms with E-state index in [1.165, 1.54) is 0 Å². The monoisotopic (exact) mass is 284 g/mol. The summed E-state index contributed by atoms with van der Waals surface area (Å²) in [4.78, 5) is 16.9. The summed E-state index contributed by atoms with van der Waals surface area (Å²) in [6.45, 7) is 0.358. The third-order valence-electron chi connectivity index (χ3n) is 3.18. The van der Waals surface area contributed by atoms with Crippen molar-refractivity contribution in [3.63, 3.8) is 0 Å². The number of rotatable bonds is 7. The van der Waals surface area contributed by atoms with E-state index in [1.807, 2.05) is 60.7 Å². The molecular weight excluding hydrogens is 264 g/mol. The van der Waals surface area contributed by atoms with Crippen molar-refractivity contribution in [1.29, 1.82) is 0 Å². The summed E-state index contributed by atoms with van der Waals surface area (Å²) in [5, 5.41) is 0. The van der Waals surface area contributed by atoms with Crippen molar-refractivity contribution >= 4 is 5.91 Å². The van der Waals surface area contributed by atoms with E-state index in [2.05, 4.69) is 5.48 Å². The number of nitrogens with one attached hydrogen (secondary N) is 1. The molecule has 0 radical (unpaired) electrons. The highest BCUT2D eigenvalue weighted by molar-refractivity contribution is 5.74. The van der Waals surface area contributed by atoms with Crippen LogP contribution < -0.4 is 11.2 Å². The molecule has 0 bridgehead atoms. The molecule has 4 nitrogen and oxygen atoms in total. The van der Waals surface area contributed by atoms with Crippen molar-refractivity contribution in [2.45, 2.75) is 25.5 Å². The van der Waals surface area contributed by atoms with Crippen molar-refractivity contribution in [1.82, 2.24) is 5.48 Å². The molecule has 0 heterocycles. The van der Waals surface area contributed by atoms with Crippen LogP contribution in [0.3, 0.4) is 0 Å². The van der Waals surface area contributed by atoms with E-state index in [-0.39, 0.29) is 11.9 Å². The van der Waals surface area contributed by atoms with E-state index in [9.17, 15) is 4.79 Å². The average molecular weight is 284 g/mol. The van der Waals surface area contributed by atoms with E-state index in [4.69, 9.17) is 10.6 Å². The summed E-state index contributed by atoms with van der Waals surface area (Å²) in [7, 11) is 0. The largest absolute Gasteiger partial charge is 0.324 e. The van der Waals surface area contributed by atoms with Crippen LogP contribution in [-0.2, 0) is 16.2 Å². The standard InChI is InChI=1S/C17H20N2O2/c18-16(15-9-5-2-6-10-15)11-12-17(20)19-21-13-14-7-3-1-4-8-14/h1-10,16H,11-13,18H2,(H,19,20). The minimum absolute atomic E-state index is 0.133. The number of nitrogens with two attached hydrogens (primary N) is 1. The highest BCUT2D eigenvalue weighted by Gasteiger charge is 2.08. The van der Waals surface area contributed by atoms with Crippen molar-refractivity contribution in [3.8, 4) is 0 Å². The van der Waals surface area contributed by atoms with Gasteiger partial charge in [-0.05, 0) is 17.5 Å². The summed E-state index contributed by atoms with van der Waals surface area (Å²) >= 11 is 0. The summed E-state index contributed by atoms with van der Waals surface area (Å²) in [5.74, 6) is -0.155. The van der Waals surface area contributed by atoms with E-state index < -0.39 is 0 Å². The fourth-order valence-corrected chi connectivity index (χ4v) is 1.98. The van der Waals surface area contributed by atoms with Gasteiger partial charge in [-0.1, -0.05) is 60.7 Å². The zero-order chi connectivity index (χ0) is 14.9. The van der Waals surface area contributed by atoms with Gasteiger partial charge in [0, 0.05) is 12.5 Å². The second kappa shape index (κ2) is 8.19. The van der Waals surface area contributed by atoms with Gasteiger partial charge in [-0.3, -0.25) is 9.63 Å². The van der Waals surface area contributed by atoms with Crippen LogP contribution >= 0.6 is 0 Å². The van der Waals surface area contributed by atoms with Gasteiger partial charge in [0.15, 0.2) is 0 Å². The number of hydrogen-bond acceptors (Lipinski definition) is 3. The maximum atomic E-state index is 11.7. The lowest BCUT2D eigenvalue weighted by Gasteiger charge is -2.11. The number of hydroxylamine groups is 1. The Balaban J connectivity index is 1.66. The van der Waals surface area contributed by atoms with Crippen LogP contribution in [0.1, 0.15) is 30.0 Å². The molecule has 21 heavy (non-hydrogen) atoms. The van der Waals surface area contributed by atoms with Crippen molar-refractivity contribution in [2.24, 2.45) is 5.73 Å². The second-order valence-corrected chi connectivity index (χ2v) is 4.86. The van der Waals surface area contributed by atoms with Crippen molar-refractivity contribution in [2.75, 3.05) is 0 Å². The van der Waals surface area contributed by atoms with E-state index in [0.29, 0.717) is 19.4 Å². The molecule has 0 aromatic heterocycles. The van der Waals surface area contributed by atoms with Gasteiger partial charge in [0.1, 0.15) is 0 Å². The molecule has 0 saturated carbocycles. The molecule has 0 spiro atoms. The predicted octanol–water partition coefficient (Wildman–Crippen LogP) is 2.71. The van der Waals surface area contributed by atoms with Gasteiger partial charge in [-0.2, -0.15) is 0 Å². The molecule has 2 aromatic carbocycles. The molecule has 1 unspecified atom stereocenters. The number of hydrogen-bond donors (Lipinski definition) is 2. The molecule has 0 saturated heterocycles. The Hall–Kier alpha value is -2.17. The first-order valence-corrected chi connectivity index (χ1v) is 7.01. The van der Waals surface area contributed by atoms with Gasteiger partial charge < -0.3 is 5.73 Å². The molecule has 0 fully saturated rings. The van der Waals surface area contributed by atoms with E-state index in [0.717, 1.165) is 11.1 Å². The Kier molecular flexibility index (Phi) is 5.94. The lowest BCUT2D eigenvalue weighted by molar-refractivity contribution is -0.134. The minimum Gasteiger partial charge on any atom is -0.324 e. The smallest absolute Gasteiger partial charge is 0.243 e. The first kappa shape index (κ1) is 15.2. The summed E-state index contributed by atoms with van der Waals surface area (Å²) < 4.78 is 0. The van der Waals surface area contributed by atoms with Gasteiger partial charge in [0.2, 0.25) is 5.91 Å². The molecule has 110 valence electrons. The first-order valence-electron chi connectivity index (χ1n) is 7.01. The lowest BCUT2D eigenvalue weighted by Crippen LogP contribution is -2.24. The molecular formula is C17H20N2O2. The molecule has 0 aliphatic rings. The highest BCUT2D eigenvalue weighted by atomic mass is 16.6. The molecule has 2 rings (SSSR count). The molecule has 1 amide bonds. The zero-order valence-electron chi connectivity index (χ0n) is 11.9. The van der Waals surface area contributed by atoms with Crippen LogP contribution in [0, 0.1) is 0 Å². The fourth-order valence-electron chi connectivity index (χ4n) is 1.98. The number of carbonyl (C=O) groups is 1. The SMILES string of the molecule is NC(CCC(=O)NOCc1ccccc1)c1ccccc1. The minimum atomic E-state index is -0.155. The van der Waals surface area contributed by atoms with Crippen LogP contribution in [0.2, 0.25) is 0 Å². The third-order valence-corrected chi connectivity index (χ3v) is 3.18. The summed E-state index contributed by atoms with van der Waals surface area (Å²) in [5.41, 5.74) is 10.5. The van der Waals surface area contributed by atoms with Gasteiger partial charge in [0.25, 0.3) is 0 Å². The molecule has 0 aliphatic carbocycles. The van der Waals surface area contributed by atoms with Crippen LogP contribution in [0.15, 0.2) is 60.7 Å². The Morgan fingerprint density at radius 3 is 2.33 bits per heavy atom. The zero-order valence-corrected chi connectivity index (χ0v) is 11.9. The lowest BCUT2D eigenvalue weighted by atomic mass is 10.0. The van der Waals surface area contributed by atoms with Crippen LogP contribution in [0.5, 0.6) is 0 Å². The summed E-state index contributed by atoms with van der Waals surface area (Å²) in [6, 6.07) is 19.3. The molecule has 1 atom stereocenters. The Morgan fingerprint density at radius 1 is 1.05 bits per heavy atom. The quantitative estimate of drug-likeness (QED) is 0.768. The normalized spacial score (nSPS) is 11.9. The topological polar surface area (TPSA) is 64.4 Å². The van der Waals surface area contributed by atoms with Crippen molar-refractivity contribution in [3.05, 3.63) is 71.8 Å². The van der Waals surface area contributed by atoms with Gasteiger partial charge >= 0.3 is 0 Å². The van der Waals surface area contributed by atoms with Gasteiger partial charge in [-0.25, -0.2) is 5.48 Å². The van der Waals surface area contributed by atoms with Crippen molar-refractivity contribution < 1.29 is 9.63 Å². The maximum absolute atomic E-state index is 11.7. The Morgan fingerprint density at radius 2 is 1.67 bits per heavy atom. The maximum Gasteiger partial charge on any atom is 0.243 e. The molecule has 3 N–H and O–H groups in total. The Labute approximate surface area is 124 Å². The Bertz CT molecular complexity index is 543. The van der Waals surface area contributed by atoms with Gasteiger partial charge in [-0.15, -0.1) is 0 Å². The average Bonchev–Trinajstić information content (AvgIpc) is 2.54. The molecule has 2 aromatic rings. The third kappa shape index (κ3) is 5.38.